The number of fused-ring (bicyclic) bond motifs is 1. The van der Waals surface area contributed by atoms with Gasteiger partial charge in [-0.3, -0.25) is 28.7 Å². The molecule has 10 nitrogen and oxygen atoms in total. The van der Waals surface area contributed by atoms with E-state index in [1.807, 2.05) is 19.2 Å². The summed E-state index contributed by atoms with van der Waals surface area (Å²) in [6.45, 7) is 4.39. The number of nitrogens with zero attached hydrogens (tertiary/aromatic N) is 1. The maximum Gasteiger partial charge on any atom is 0.522 e. The molecule has 0 aromatic rings. The van der Waals surface area contributed by atoms with Crippen molar-refractivity contribution in [2.45, 2.75) is 77.1 Å². The molecule has 16 heteroatoms. The summed E-state index contributed by atoms with van der Waals surface area (Å²) < 4.78 is 79.2. The van der Waals surface area contributed by atoms with Gasteiger partial charge in [-0.15, -0.1) is 13.2 Å². The normalized spacial score (nSPS) is 32.9. The second-order valence-electron chi connectivity index (χ2n) is 12.3. The van der Waals surface area contributed by atoms with Crippen molar-refractivity contribution >= 4 is 29.4 Å². The van der Waals surface area contributed by atoms with Crippen LogP contribution in [0, 0.1) is 28.6 Å². The van der Waals surface area contributed by atoms with Crippen LogP contribution in [0.2, 0.25) is 0 Å². The van der Waals surface area contributed by atoms with E-state index in [0.717, 1.165) is 0 Å². The van der Waals surface area contributed by atoms with Crippen molar-refractivity contribution in [2.24, 2.45) is 28.6 Å². The molecular weight excluding hydrogens is 566 g/mol. The number of Topliss-reactive ketones (excluding diaryl/α,β-unsaturated/α-hetero) is 1. The van der Waals surface area contributed by atoms with Gasteiger partial charge in [0.2, 0.25) is 17.7 Å². The smallest absolute Gasteiger partial charge is 0.356 e. The van der Waals surface area contributed by atoms with Crippen LogP contribution < -0.4 is 16.0 Å². The van der Waals surface area contributed by atoms with Crippen LogP contribution in [-0.2, 0) is 28.7 Å². The van der Waals surface area contributed by atoms with E-state index in [2.05, 4.69) is 15.4 Å². The quantitative estimate of drug-likeness (QED) is 0.344. The van der Waals surface area contributed by atoms with Crippen LogP contribution in [0.15, 0.2) is 0 Å². The maximum absolute atomic E-state index is 13.6. The lowest BCUT2D eigenvalue weighted by atomic mass is 9.78. The van der Waals surface area contributed by atoms with Gasteiger partial charge >= 0.3 is 18.4 Å². The van der Waals surface area contributed by atoms with Gasteiger partial charge in [0.25, 0.3) is 0 Å². The van der Waals surface area contributed by atoms with Crippen molar-refractivity contribution < 1.29 is 55.1 Å². The van der Waals surface area contributed by atoms with Gasteiger partial charge in [0.05, 0.1) is 11.5 Å². The van der Waals surface area contributed by atoms with Gasteiger partial charge in [-0.25, -0.2) is 0 Å². The number of hydrogen-bond acceptors (Lipinski definition) is 6. The highest BCUT2D eigenvalue weighted by atomic mass is 19.4. The Morgan fingerprint density at radius 1 is 1.10 bits per heavy atom. The number of likely N-dealkylation sites (tertiary alicyclic amines) is 1. The number of halogens is 6. The second kappa shape index (κ2) is 10.4. The zero-order chi connectivity index (χ0) is 30.7. The minimum absolute atomic E-state index is 0.0480. The van der Waals surface area contributed by atoms with Gasteiger partial charge in [0.1, 0.15) is 12.6 Å². The largest absolute Gasteiger partial charge is 0.522 e. The second-order valence-corrected chi connectivity index (χ2v) is 12.3. The lowest BCUT2D eigenvalue weighted by molar-refractivity contribution is -0.321. The molecule has 0 spiro atoms. The van der Waals surface area contributed by atoms with Gasteiger partial charge in [0, 0.05) is 25.0 Å². The molecule has 4 fully saturated rings. The molecule has 4 rings (SSSR count). The summed E-state index contributed by atoms with van der Waals surface area (Å²) in [6.07, 6.45) is -10.3. The van der Waals surface area contributed by atoms with E-state index in [4.69, 9.17) is 0 Å². The van der Waals surface area contributed by atoms with Crippen molar-refractivity contribution in [1.29, 1.82) is 0 Å². The average molecular weight is 599 g/mol. The molecule has 41 heavy (non-hydrogen) atoms. The van der Waals surface area contributed by atoms with E-state index in [1.165, 1.54) is 11.8 Å². The van der Waals surface area contributed by atoms with Crippen LogP contribution in [-0.4, -0.2) is 84.7 Å². The molecule has 5 atom stereocenters. The summed E-state index contributed by atoms with van der Waals surface area (Å²) in [5.41, 5.74) is -1.49. The number of hydrogen-bond donors (Lipinski definition) is 3. The highest BCUT2D eigenvalue weighted by Gasteiger charge is 2.70. The van der Waals surface area contributed by atoms with Crippen LogP contribution in [0.3, 0.4) is 0 Å². The van der Waals surface area contributed by atoms with Crippen LogP contribution in [0.5, 0.6) is 0 Å². The Morgan fingerprint density at radius 3 is 2.27 bits per heavy atom. The molecule has 0 unspecified atom stereocenters. The Balaban J connectivity index is 1.47. The fraction of sp³-hybridized carbons (Fsp3) is 0.800. The van der Waals surface area contributed by atoms with E-state index in [0.29, 0.717) is 0 Å². The zero-order valence-corrected chi connectivity index (χ0v) is 22.6. The highest BCUT2D eigenvalue weighted by Crippen LogP contribution is 2.65. The first-order valence-electron chi connectivity index (χ1n) is 13.2. The van der Waals surface area contributed by atoms with Gasteiger partial charge in [-0.05, 0) is 42.9 Å². The third kappa shape index (κ3) is 6.31. The number of alkyl halides is 6. The molecule has 0 bridgehead atoms. The van der Waals surface area contributed by atoms with Crippen LogP contribution >= 0.6 is 0 Å². The predicted molar refractivity (Wildman–Crippen MR) is 126 cm³/mol. The summed E-state index contributed by atoms with van der Waals surface area (Å²) in [5, 5.41) is 6.90. The molecule has 2 aliphatic heterocycles. The number of rotatable bonds is 9. The molecular formula is C25H32F6N4O6. The third-order valence-corrected chi connectivity index (χ3v) is 9.09. The van der Waals surface area contributed by atoms with Crippen molar-refractivity contribution in [3.05, 3.63) is 0 Å². The first-order chi connectivity index (χ1) is 18.7. The monoisotopic (exact) mass is 598 g/mol. The molecule has 0 aromatic heterocycles. The predicted octanol–water partition coefficient (Wildman–Crippen LogP) is 1.43. The molecule has 2 saturated heterocycles. The number of piperidine rings is 1. The van der Waals surface area contributed by atoms with E-state index in [1.54, 1.807) is 0 Å². The van der Waals surface area contributed by atoms with Gasteiger partial charge in [-0.1, -0.05) is 20.8 Å². The topological polar surface area (TPSA) is 134 Å². The molecule has 2 heterocycles. The summed E-state index contributed by atoms with van der Waals surface area (Å²) in [4.78, 5) is 64.6. The molecule has 3 N–H and O–H groups in total. The Bertz CT molecular complexity index is 1120. The molecule has 4 aliphatic rings. The Labute approximate surface area is 231 Å². The number of nitrogens with one attached hydrogen (secondary N) is 3. The summed E-state index contributed by atoms with van der Waals surface area (Å²) in [5.74, 6) is -6.02. The number of ether oxygens (including phenoxy) is 1. The van der Waals surface area contributed by atoms with Gasteiger partial charge in [0.15, 0.2) is 5.78 Å². The average Bonchev–Trinajstić information content (AvgIpc) is 3.13. The lowest BCUT2D eigenvalue weighted by Crippen LogP contribution is -2.58. The van der Waals surface area contributed by atoms with Crippen molar-refractivity contribution in [2.75, 3.05) is 19.7 Å². The lowest BCUT2D eigenvalue weighted by Gasteiger charge is -2.40. The van der Waals surface area contributed by atoms with Crippen LogP contribution in [0.25, 0.3) is 0 Å². The number of carbonyl (C=O) groups excluding carboxylic acids is 5. The highest BCUT2D eigenvalue weighted by molar-refractivity contribution is 5.95. The SMILES string of the molecule is CC1(C)[C@@H]2[C@@H](C(=O)N[C@@H](C[C@@]3(C)CCNC3=O)C(=O)COC(F)(F)F)N(C(=O)C3CC(NC(=O)C(F)(F)F)C3)C[C@@H]21. The fourth-order valence-electron chi connectivity index (χ4n) is 6.43. The van der Waals surface area contributed by atoms with E-state index in [9.17, 15) is 50.3 Å². The Morgan fingerprint density at radius 2 is 1.73 bits per heavy atom. The Kier molecular flexibility index (Phi) is 7.89. The molecule has 230 valence electrons. The molecule has 2 aliphatic carbocycles. The van der Waals surface area contributed by atoms with Crippen molar-refractivity contribution in [1.82, 2.24) is 20.9 Å². The molecule has 4 amide bonds. The van der Waals surface area contributed by atoms with Crippen molar-refractivity contribution in [3.8, 4) is 0 Å². The first kappa shape index (κ1) is 31.0. The summed E-state index contributed by atoms with van der Waals surface area (Å²) in [7, 11) is 0. The van der Waals surface area contributed by atoms with E-state index < -0.39 is 78.0 Å². The number of ketones is 1. The number of amides is 4. The van der Waals surface area contributed by atoms with Gasteiger partial charge < -0.3 is 20.9 Å². The molecule has 2 saturated carbocycles. The van der Waals surface area contributed by atoms with Gasteiger partial charge in [-0.2, -0.15) is 13.2 Å². The number of carbonyl (C=O) groups is 5. The molecule has 0 aromatic carbocycles. The van der Waals surface area contributed by atoms with Crippen LogP contribution in [0.4, 0.5) is 26.3 Å². The third-order valence-electron chi connectivity index (χ3n) is 9.09. The van der Waals surface area contributed by atoms with E-state index in [-0.39, 0.29) is 56.0 Å². The fourth-order valence-corrected chi connectivity index (χ4v) is 6.43. The van der Waals surface area contributed by atoms with Crippen LogP contribution in [0.1, 0.15) is 46.5 Å². The summed E-state index contributed by atoms with van der Waals surface area (Å²) in [6, 6.07) is -3.44. The maximum atomic E-state index is 13.6. The Hall–Kier alpha value is -2.91. The first-order valence-corrected chi connectivity index (χ1v) is 13.2. The standard InChI is InChI=1S/C25H32F6N4O6/c1-22(2)13-9-35(19(38)11-6-12(7-11)33-21(40)24(26,27)28)17(16(13)22)18(37)34-14(15(36)10-41-25(29,30)31)8-23(3)4-5-32-20(23)39/h11-14,16-17H,4-10H2,1-3H3,(H,32,39)(H,33,40)(H,34,37)/t11?,12?,13-,14-,16-,17-,23+/m0/s1. The minimum Gasteiger partial charge on any atom is -0.356 e. The van der Waals surface area contributed by atoms with Crippen molar-refractivity contribution in [3.63, 3.8) is 0 Å². The minimum atomic E-state index is -5.10. The molecule has 0 radical (unpaired) electrons. The zero-order valence-electron chi connectivity index (χ0n) is 22.6. The summed E-state index contributed by atoms with van der Waals surface area (Å²) >= 11 is 0. The van der Waals surface area contributed by atoms with E-state index >= 15 is 0 Å².